The molecule has 0 unspecified atom stereocenters. The number of nitrogens with zero attached hydrogens (tertiary/aromatic N) is 3. The summed E-state index contributed by atoms with van der Waals surface area (Å²) in [4.78, 5) is 16.2. The summed E-state index contributed by atoms with van der Waals surface area (Å²) in [5.41, 5.74) is 2.40. The Morgan fingerprint density at radius 1 is 1.17 bits per heavy atom. The Labute approximate surface area is 135 Å². The Hall–Kier alpha value is -2.69. The van der Waals surface area contributed by atoms with Crippen molar-refractivity contribution in [3.63, 3.8) is 0 Å². The quantitative estimate of drug-likeness (QED) is 0.788. The molecule has 0 aliphatic rings. The fraction of sp³-hybridized carbons (Fsp3) is 0.278. The molecule has 0 radical (unpaired) electrons. The van der Waals surface area contributed by atoms with Gasteiger partial charge in [0.15, 0.2) is 0 Å². The summed E-state index contributed by atoms with van der Waals surface area (Å²) in [5, 5.41) is 8.65. The smallest absolute Gasteiger partial charge is 0.270 e. The van der Waals surface area contributed by atoms with Gasteiger partial charge in [-0.05, 0) is 24.1 Å². The summed E-state index contributed by atoms with van der Waals surface area (Å²) >= 11 is 0. The van der Waals surface area contributed by atoms with Crippen molar-refractivity contribution in [1.29, 1.82) is 0 Å². The van der Waals surface area contributed by atoms with Crippen LogP contribution in [0.4, 0.5) is 0 Å². The van der Waals surface area contributed by atoms with Crippen molar-refractivity contribution in [2.24, 2.45) is 5.92 Å². The third kappa shape index (κ3) is 3.39. The molecule has 0 aliphatic carbocycles. The number of carbonyl (C=O) groups is 1. The predicted molar refractivity (Wildman–Crippen MR) is 90.0 cm³/mol. The van der Waals surface area contributed by atoms with Crippen molar-refractivity contribution in [3.8, 4) is 0 Å². The zero-order valence-electron chi connectivity index (χ0n) is 13.4. The fourth-order valence-corrected chi connectivity index (χ4v) is 2.56. The van der Waals surface area contributed by atoms with Crippen LogP contribution >= 0.6 is 0 Å². The second-order valence-electron chi connectivity index (χ2n) is 5.94. The zero-order chi connectivity index (χ0) is 16.2. The topological polar surface area (TPSA) is 59.8 Å². The Morgan fingerprint density at radius 3 is 2.70 bits per heavy atom. The van der Waals surface area contributed by atoms with E-state index in [1.807, 2.05) is 22.9 Å². The lowest BCUT2D eigenvalue weighted by atomic mass is 10.2. The Bertz CT molecular complexity index is 808. The van der Waals surface area contributed by atoms with Crippen LogP contribution in [0.15, 0.2) is 48.7 Å². The third-order valence-corrected chi connectivity index (χ3v) is 3.59. The number of para-hydroxylation sites is 1. The van der Waals surface area contributed by atoms with Crippen LogP contribution in [0.2, 0.25) is 0 Å². The van der Waals surface area contributed by atoms with E-state index in [0.29, 0.717) is 18.2 Å². The number of aromatic nitrogens is 3. The second-order valence-corrected chi connectivity index (χ2v) is 5.94. The van der Waals surface area contributed by atoms with Gasteiger partial charge < -0.3 is 5.32 Å². The van der Waals surface area contributed by atoms with Crippen molar-refractivity contribution in [3.05, 3.63) is 60.0 Å². The third-order valence-electron chi connectivity index (χ3n) is 3.59. The molecule has 0 aliphatic heterocycles. The first-order valence-electron chi connectivity index (χ1n) is 7.79. The van der Waals surface area contributed by atoms with Crippen molar-refractivity contribution in [1.82, 2.24) is 20.1 Å². The van der Waals surface area contributed by atoms with Crippen LogP contribution in [0.3, 0.4) is 0 Å². The van der Waals surface area contributed by atoms with Gasteiger partial charge in [0.25, 0.3) is 5.91 Å². The van der Waals surface area contributed by atoms with Gasteiger partial charge in [-0.25, -0.2) is 0 Å². The minimum atomic E-state index is -0.187. The largest absolute Gasteiger partial charge is 0.345 e. The molecule has 0 saturated heterocycles. The van der Waals surface area contributed by atoms with Gasteiger partial charge in [0, 0.05) is 18.1 Å². The van der Waals surface area contributed by atoms with E-state index >= 15 is 0 Å². The average Bonchev–Trinajstić information content (AvgIpc) is 2.91. The maximum absolute atomic E-state index is 12.1. The maximum atomic E-state index is 12.1. The lowest BCUT2D eigenvalue weighted by molar-refractivity contribution is 0.0945. The fourth-order valence-electron chi connectivity index (χ4n) is 2.56. The highest BCUT2D eigenvalue weighted by molar-refractivity contribution is 5.92. The van der Waals surface area contributed by atoms with Crippen LogP contribution in [-0.2, 0) is 13.1 Å². The van der Waals surface area contributed by atoms with Gasteiger partial charge >= 0.3 is 0 Å². The standard InChI is InChI=1S/C18H20N4O/c1-13(2)12-22-17-9-4-3-7-14(17)16(21-22)11-20-18(23)15-8-5-6-10-19-15/h3-10,13H,11-12H2,1-2H3,(H,20,23). The first-order valence-corrected chi connectivity index (χ1v) is 7.79. The minimum Gasteiger partial charge on any atom is -0.345 e. The number of nitrogens with one attached hydrogen (secondary N) is 1. The molecule has 0 spiro atoms. The highest BCUT2D eigenvalue weighted by Gasteiger charge is 2.13. The molecule has 3 aromatic rings. The molecule has 3 rings (SSSR count). The molecule has 2 heterocycles. The molecular weight excluding hydrogens is 288 g/mol. The lowest BCUT2D eigenvalue weighted by Gasteiger charge is -2.06. The van der Waals surface area contributed by atoms with E-state index < -0.39 is 0 Å². The number of rotatable bonds is 5. The van der Waals surface area contributed by atoms with Crippen molar-refractivity contribution in [2.75, 3.05) is 0 Å². The number of pyridine rings is 1. The monoisotopic (exact) mass is 308 g/mol. The molecule has 5 heteroatoms. The Morgan fingerprint density at radius 2 is 1.96 bits per heavy atom. The molecule has 0 saturated carbocycles. The summed E-state index contributed by atoms with van der Waals surface area (Å²) in [6.07, 6.45) is 1.61. The first kappa shape index (κ1) is 15.2. The minimum absolute atomic E-state index is 0.187. The number of hydrogen-bond acceptors (Lipinski definition) is 3. The second kappa shape index (κ2) is 6.60. The number of amides is 1. The SMILES string of the molecule is CC(C)Cn1nc(CNC(=O)c2ccccn2)c2ccccc21. The van der Waals surface area contributed by atoms with Gasteiger partial charge in [0.05, 0.1) is 17.8 Å². The van der Waals surface area contributed by atoms with Crippen molar-refractivity contribution in [2.45, 2.75) is 26.9 Å². The number of benzene rings is 1. The van der Waals surface area contributed by atoms with Gasteiger partial charge in [-0.2, -0.15) is 5.10 Å². The zero-order valence-corrected chi connectivity index (χ0v) is 13.4. The molecule has 0 fully saturated rings. The average molecular weight is 308 g/mol. The summed E-state index contributed by atoms with van der Waals surface area (Å²) in [6.45, 7) is 5.58. The molecule has 1 aromatic carbocycles. The van der Waals surface area contributed by atoms with Gasteiger partial charge in [-0.1, -0.05) is 38.1 Å². The van der Waals surface area contributed by atoms with E-state index in [4.69, 9.17) is 0 Å². The summed E-state index contributed by atoms with van der Waals surface area (Å²) in [7, 11) is 0. The summed E-state index contributed by atoms with van der Waals surface area (Å²) < 4.78 is 2.02. The van der Waals surface area contributed by atoms with E-state index in [1.165, 1.54) is 0 Å². The normalized spacial score (nSPS) is 11.1. The van der Waals surface area contributed by atoms with Crippen molar-refractivity contribution >= 4 is 16.8 Å². The molecule has 1 N–H and O–H groups in total. The maximum Gasteiger partial charge on any atom is 0.270 e. The van der Waals surface area contributed by atoms with Crippen LogP contribution in [0.5, 0.6) is 0 Å². The van der Waals surface area contributed by atoms with Crippen molar-refractivity contribution < 1.29 is 4.79 Å². The molecule has 23 heavy (non-hydrogen) atoms. The lowest BCUT2D eigenvalue weighted by Crippen LogP contribution is -2.24. The molecule has 2 aromatic heterocycles. The molecule has 5 nitrogen and oxygen atoms in total. The number of carbonyl (C=O) groups excluding carboxylic acids is 1. The Balaban J connectivity index is 1.81. The van der Waals surface area contributed by atoms with Crippen LogP contribution in [0.25, 0.3) is 10.9 Å². The summed E-state index contributed by atoms with van der Waals surface area (Å²) in [6, 6.07) is 13.4. The van der Waals surface area contributed by atoms with E-state index in [2.05, 4.69) is 35.3 Å². The number of fused-ring (bicyclic) bond motifs is 1. The molecule has 0 bridgehead atoms. The van der Waals surface area contributed by atoms with Gasteiger partial charge in [0.2, 0.25) is 0 Å². The Kier molecular flexibility index (Phi) is 4.37. The van der Waals surface area contributed by atoms with Crippen LogP contribution in [-0.4, -0.2) is 20.7 Å². The van der Waals surface area contributed by atoms with E-state index in [1.54, 1.807) is 24.4 Å². The van der Waals surface area contributed by atoms with Crippen LogP contribution in [0.1, 0.15) is 30.0 Å². The first-order chi connectivity index (χ1) is 11.1. The number of hydrogen-bond donors (Lipinski definition) is 1. The van der Waals surface area contributed by atoms with Gasteiger partial charge in [0.1, 0.15) is 5.69 Å². The predicted octanol–water partition coefficient (Wildman–Crippen LogP) is 3.02. The highest BCUT2D eigenvalue weighted by atomic mass is 16.1. The molecule has 118 valence electrons. The van der Waals surface area contributed by atoms with Crippen LogP contribution < -0.4 is 5.32 Å². The summed E-state index contributed by atoms with van der Waals surface area (Å²) in [5.74, 6) is 0.322. The van der Waals surface area contributed by atoms with E-state index in [9.17, 15) is 4.79 Å². The van der Waals surface area contributed by atoms with Gasteiger partial charge in [-0.3, -0.25) is 14.5 Å². The van der Waals surface area contributed by atoms with Gasteiger partial charge in [-0.15, -0.1) is 0 Å². The molecule has 0 atom stereocenters. The van der Waals surface area contributed by atoms with E-state index in [-0.39, 0.29) is 5.91 Å². The molecule has 1 amide bonds. The highest BCUT2D eigenvalue weighted by Crippen LogP contribution is 2.19. The van der Waals surface area contributed by atoms with E-state index in [0.717, 1.165) is 23.1 Å². The van der Waals surface area contributed by atoms with Crippen LogP contribution in [0, 0.1) is 5.92 Å². The molecular formula is C18H20N4O.